The van der Waals surface area contributed by atoms with E-state index in [1.807, 2.05) is 6.92 Å². The van der Waals surface area contributed by atoms with E-state index in [9.17, 15) is 26.4 Å². The number of anilines is 1. The summed E-state index contributed by atoms with van der Waals surface area (Å²) in [6, 6.07) is 15.0. The van der Waals surface area contributed by atoms with Crippen LogP contribution in [0.25, 0.3) is 0 Å². The molecule has 0 fully saturated rings. The van der Waals surface area contributed by atoms with Crippen molar-refractivity contribution in [2.45, 2.75) is 38.4 Å². The van der Waals surface area contributed by atoms with Crippen LogP contribution in [0.2, 0.25) is 5.02 Å². The highest BCUT2D eigenvalue weighted by Gasteiger charge is 2.35. The summed E-state index contributed by atoms with van der Waals surface area (Å²) in [6.07, 6.45) is -4.76. The molecule has 35 heavy (non-hydrogen) atoms. The molecular weight excluding hydrogens is 501 g/mol. The van der Waals surface area contributed by atoms with Crippen LogP contribution in [0.1, 0.15) is 27.8 Å². The van der Waals surface area contributed by atoms with Gasteiger partial charge in [-0.05, 0) is 55.7 Å². The number of carbonyl (C=O) groups excluding carboxylic acids is 1. The number of carbonyl (C=O) groups is 1. The van der Waals surface area contributed by atoms with E-state index in [1.165, 1.54) is 6.07 Å². The maximum atomic E-state index is 13.7. The zero-order chi connectivity index (χ0) is 26.0. The number of nitrogens with one attached hydrogen (secondary N) is 1. The van der Waals surface area contributed by atoms with Gasteiger partial charge in [0, 0.05) is 11.6 Å². The minimum atomic E-state index is -4.76. The van der Waals surface area contributed by atoms with Gasteiger partial charge in [-0.3, -0.25) is 4.79 Å². The SMILES string of the molecule is Cc1cc(C)c(S(=O)(=O)N(CC(=O)Nc2ccc(Cl)cc2C(F)(F)F)Cc2ccccc2)c(C)c1. The third kappa shape index (κ3) is 6.42. The predicted molar refractivity (Wildman–Crippen MR) is 130 cm³/mol. The van der Waals surface area contributed by atoms with Crippen LogP contribution in [0.3, 0.4) is 0 Å². The van der Waals surface area contributed by atoms with Crippen LogP contribution in [0.4, 0.5) is 18.9 Å². The second-order valence-electron chi connectivity index (χ2n) is 8.22. The lowest BCUT2D eigenvalue weighted by molar-refractivity contribution is -0.137. The molecule has 0 aromatic heterocycles. The van der Waals surface area contributed by atoms with Crippen LogP contribution in [0, 0.1) is 20.8 Å². The molecule has 10 heteroatoms. The molecule has 186 valence electrons. The Morgan fingerprint density at radius 1 is 0.971 bits per heavy atom. The maximum Gasteiger partial charge on any atom is 0.418 e. The molecule has 3 rings (SSSR count). The number of aryl methyl sites for hydroxylation is 3. The molecule has 1 amide bonds. The fourth-order valence-electron chi connectivity index (χ4n) is 3.93. The Balaban J connectivity index is 1.98. The molecule has 1 N–H and O–H groups in total. The molecule has 3 aromatic rings. The van der Waals surface area contributed by atoms with Gasteiger partial charge in [-0.1, -0.05) is 59.6 Å². The maximum absolute atomic E-state index is 13.7. The fourth-order valence-corrected chi connectivity index (χ4v) is 5.89. The van der Waals surface area contributed by atoms with Crippen molar-refractivity contribution in [3.63, 3.8) is 0 Å². The molecule has 0 saturated heterocycles. The number of nitrogens with zero attached hydrogens (tertiary/aromatic N) is 1. The van der Waals surface area contributed by atoms with Crippen LogP contribution in [-0.4, -0.2) is 25.2 Å². The second kappa shape index (κ2) is 10.4. The first-order chi connectivity index (χ1) is 16.3. The molecule has 0 saturated carbocycles. The molecule has 0 aliphatic rings. The number of amides is 1. The van der Waals surface area contributed by atoms with Gasteiger partial charge in [0.2, 0.25) is 15.9 Å². The molecule has 0 unspecified atom stereocenters. The van der Waals surface area contributed by atoms with Gasteiger partial charge >= 0.3 is 6.18 Å². The first-order valence-corrected chi connectivity index (χ1v) is 12.4. The molecule has 0 radical (unpaired) electrons. The average molecular weight is 525 g/mol. The van der Waals surface area contributed by atoms with Crippen LogP contribution >= 0.6 is 11.6 Å². The van der Waals surface area contributed by atoms with Gasteiger partial charge in [0.05, 0.1) is 22.7 Å². The smallest absolute Gasteiger partial charge is 0.324 e. The largest absolute Gasteiger partial charge is 0.418 e. The molecule has 0 spiro atoms. The van der Waals surface area contributed by atoms with Gasteiger partial charge in [0.1, 0.15) is 0 Å². The lowest BCUT2D eigenvalue weighted by Gasteiger charge is -2.24. The van der Waals surface area contributed by atoms with E-state index < -0.39 is 39.9 Å². The summed E-state index contributed by atoms with van der Waals surface area (Å²) in [7, 11) is -4.18. The van der Waals surface area contributed by atoms with Crippen LogP contribution in [-0.2, 0) is 27.5 Å². The number of rotatable bonds is 7. The monoisotopic (exact) mass is 524 g/mol. The second-order valence-corrected chi connectivity index (χ2v) is 10.5. The minimum Gasteiger partial charge on any atom is -0.324 e. The topological polar surface area (TPSA) is 66.5 Å². The van der Waals surface area contributed by atoms with E-state index in [1.54, 1.807) is 56.3 Å². The predicted octanol–water partition coefficient (Wildman–Crippen LogP) is 6.11. The van der Waals surface area contributed by atoms with Gasteiger partial charge in [0.25, 0.3) is 0 Å². The van der Waals surface area contributed by atoms with Crippen LogP contribution in [0.5, 0.6) is 0 Å². The summed E-state index contributed by atoms with van der Waals surface area (Å²) in [5.41, 5.74) is 0.895. The number of sulfonamides is 1. The van der Waals surface area contributed by atoms with Crippen molar-refractivity contribution in [2.75, 3.05) is 11.9 Å². The molecule has 3 aromatic carbocycles. The van der Waals surface area contributed by atoms with Gasteiger partial charge in [-0.25, -0.2) is 8.42 Å². The quantitative estimate of drug-likeness (QED) is 0.405. The van der Waals surface area contributed by atoms with Crippen molar-refractivity contribution in [1.82, 2.24) is 4.31 Å². The summed E-state index contributed by atoms with van der Waals surface area (Å²) in [5, 5.41) is 2.05. The van der Waals surface area contributed by atoms with E-state index in [4.69, 9.17) is 11.6 Å². The first kappa shape index (κ1) is 26.7. The van der Waals surface area contributed by atoms with Gasteiger partial charge in [-0.15, -0.1) is 0 Å². The number of benzene rings is 3. The van der Waals surface area contributed by atoms with Crippen molar-refractivity contribution < 1.29 is 26.4 Å². The molecule has 0 aliphatic heterocycles. The highest BCUT2D eigenvalue weighted by atomic mass is 35.5. The molecule has 5 nitrogen and oxygen atoms in total. The standard InChI is InChI=1S/C25H24ClF3N2O3S/c1-16-11-17(2)24(18(3)12-16)35(33,34)31(14-19-7-5-4-6-8-19)15-23(32)30-22-10-9-20(26)13-21(22)25(27,28)29/h4-13H,14-15H2,1-3H3,(H,30,32). The van der Waals surface area contributed by atoms with Crippen LogP contribution < -0.4 is 5.32 Å². The van der Waals surface area contributed by atoms with Crippen molar-refractivity contribution in [3.8, 4) is 0 Å². The molecule has 0 aliphatic carbocycles. The lowest BCUT2D eigenvalue weighted by atomic mass is 10.1. The number of alkyl halides is 3. The molecular formula is C25H24ClF3N2O3S. The Hall–Kier alpha value is -2.88. The highest BCUT2D eigenvalue weighted by molar-refractivity contribution is 7.89. The summed E-state index contributed by atoms with van der Waals surface area (Å²) < 4.78 is 68.7. The van der Waals surface area contributed by atoms with E-state index in [2.05, 4.69) is 5.32 Å². The highest BCUT2D eigenvalue weighted by Crippen LogP contribution is 2.36. The Morgan fingerprint density at radius 3 is 2.14 bits per heavy atom. The summed E-state index contributed by atoms with van der Waals surface area (Å²) >= 11 is 5.70. The van der Waals surface area contributed by atoms with E-state index >= 15 is 0 Å². The molecule has 0 heterocycles. The van der Waals surface area contributed by atoms with Crippen molar-refractivity contribution >= 4 is 33.2 Å². The third-order valence-electron chi connectivity index (χ3n) is 5.29. The van der Waals surface area contributed by atoms with Gasteiger partial charge < -0.3 is 5.32 Å². The Labute approximate surface area is 207 Å². The zero-order valence-corrected chi connectivity index (χ0v) is 20.9. The van der Waals surface area contributed by atoms with Crippen molar-refractivity contribution in [1.29, 1.82) is 0 Å². The number of hydrogen-bond acceptors (Lipinski definition) is 3. The third-order valence-corrected chi connectivity index (χ3v) is 7.62. The van der Waals surface area contributed by atoms with Crippen LogP contribution in [0.15, 0.2) is 65.6 Å². The average Bonchev–Trinajstić information content (AvgIpc) is 2.73. The summed E-state index contributed by atoms with van der Waals surface area (Å²) in [5.74, 6) is -0.917. The zero-order valence-electron chi connectivity index (χ0n) is 19.3. The molecule has 0 bridgehead atoms. The number of halogens is 4. The lowest BCUT2D eigenvalue weighted by Crippen LogP contribution is -2.38. The minimum absolute atomic E-state index is 0.0642. The van der Waals surface area contributed by atoms with Gasteiger partial charge in [0.15, 0.2) is 0 Å². The first-order valence-electron chi connectivity index (χ1n) is 10.6. The Morgan fingerprint density at radius 2 is 1.57 bits per heavy atom. The summed E-state index contributed by atoms with van der Waals surface area (Å²) in [6.45, 7) is 4.34. The van der Waals surface area contributed by atoms with Crippen molar-refractivity contribution in [2.24, 2.45) is 0 Å². The van der Waals surface area contributed by atoms with E-state index in [-0.39, 0.29) is 16.5 Å². The summed E-state index contributed by atoms with van der Waals surface area (Å²) in [4.78, 5) is 12.9. The van der Waals surface area contributed by atoms with Gasteiger partial charge in [-0.2, -0.15) is 17.5 Å². The van der Waals surface area contributed by atoms with E-state index in [0.29, 0.717) is 22.8 Å². The van der Waals surface area contributed by atoms with E-state index in [0.717, 1.165) is 15.9 Å². The number of hydrogen-bond donors (Lipinski definition) is 1. The van der Waals surface area contributed by atoms with Crippen molar-refractivity contribution in [3.05, 3.63) is 93.5 Å². The molecule has 0 atom stereocenters. The Kier molecular flexibility index (Phi) is 7.93. The normalized spacial score (nSPS) is 12.1. The Bertz CT molecular complexity index is 1320. The fraction of sp³-hybridized carbons (Fsp3) is 0.240.